The van der Waals surface area contributed by atoms with Gasteiger partial charge >= 0.3 is 0 Å². The Hall–Kier alpha value is -2.89. The molecule has 2 fully saturated rings. The molecule has 146 valence electrons. The summed E-state index contributed by atoms with van der Waals surface area (Å²) in [6.07, 6.45) is 1.95. The van der Waals surface area contributed by atoms with E-state index in [0.717, 1.165) is 24.2 Å². The van der Waals surface area contributed by atoms with E-state index in [0.29, 0.717) is 6.54 Å². The summed E-state index contributed by atoms with van der Waals surface area (Å²) in [6, 6.07) is 14.0. The first-order valence-electron chi connectivity index (χ1n) is 9.58. The van der Waals surface area contributed by atoms with Crippen LogP contribution in [-0.4, -0.2) is 36.9 Å². The van der Waals surface area contributed by atoms with E-state index in [9.17, 15) is 14.0 Å². The maximum Gasteiger partial charge on any atom is 0.228 e. The number of hydrogen-bond acceptors (Lipinski definition) is 3. The lowest BCUT2D eigenvalue weighted by molar-refractivity contribution is -0.136. The molecule has 2 aliphatic rings. The highest BCUT2D eigenvalue weighted by molar-refractivity contribution is 6.00. The molecule has 6 heteroatoms. The number of halogens is 1. The zero-order valence-electron chi connectivity index (χ0n) is 15.8. The Morgan fingerprint density at radius 3 is 2.61 bits per heavy atom. The highest BCUT2D eigenvalue weighted by Crippen LogP contribution is 2.36. The smallest absolute Gasteiger partial charge is 0.228 e. The molecule has 0 aliphatic carbocycles. The van der Waals surface area contributed by atoms with Gasteiger partial charge in [-0.1, -0.05) is 24.3 Å². The van der Waals surface area contributed by atoms with Gasteiger partial charge in [-0.3, -0.25) is 9.59 Å². The number of rotatable bonds is 4. The molecule has 0 N–H and O–H groups in total. The highest BCUT2D eigenvalue weighted by atomic mass is 19.1. The maximum absolute atomic E-state index is 14.1. The largest absolute Gasteiger partial charge is 0.497 e. The Morgan fingerprint density at radius 2 is 1.89 bits per heavy atom. The van der Waals surface area contributed by atoms with E-state index < -0.39 is 11.7 Å². The third-order valence-electron chi connectivity index (χ3n) is 5.65. The average molecular weight is 382 g/mol. The van der Waals surface area contributed by atoms with E-state index in [1.54, 1.807) is 25.3 Å². The van der Waals surface area contributed by atoms with Gasteiger partial charge in [0.2, 0.25) is 11.8 Å². The second kappa shape index (κ2) is 7.62. The standard InChI is InChI=1S/C22H23FN2O3/c1-28-17-10-8-15(9-11-17)19-7-4-12-24(19)22(27)16-13-21(26)25(14-16)20-6-3-2-5-18(20)23/h2-3,5-6,8-11,16,19H,4,7,12-14H2,1H3/t16-,19-/m1/s1. The fraction of sp³-hybridized carbons (Fsp3) is 0.364. The first-order valence-corrected chi connectivity index (χ1v) is 9.58. The number of benzene rings is 2. The zero-order valence-corrected chi connectivity index (χ0v) is 15.8. The summed E-state index contributed by atoms with van der Waals surface area (Å²) in [5.41, 5.74) is 1.32. The lowest BCUT2D eigenvalue weighted by atomic mass is 10.0. The summed E-state index contributed by atoms with van der Waals surface area (Å²) in [6.45, 7) is 0.907. The third-order valence-corrected chi connectivity index (χ3v) is 5.65. The van der Waals surface area contributed by atoms with E-state index in [-0.39, 0.29) is 36.5 Å². The molecule has 2 amide bonds. The van der Waals surface area contributed by atoms with Crippen molar-refractivity contribution < 1.29 is 18.7 Å². The lowest BCUT2D eigenvalue weighted by Gasteiger charge is -2.28. The summed E-state index contributed by atoms with van der Waals surface area (Å²) in [7, 11) is 1.62. The van der Waals surface area contributed by atoms with Gasteiger partial charge in [0.1, 0.15) is 11.6 Å². The number of carbonyl (C=O) groups excluding carboxylic acids is 2. The number of hydrogen-bond donors (Lipinski definition) is 0. The number of ether oxygens (including phenoxy) is 1. The zero-order chi connectivity index (χ0) is 19.7. The topological polar surface area (TPSA) is 49.9 Å². The molecule has 0 radical (unpaired) electrons. The molecular formula is C22H23FN2O3. The molecule has 0 unspecified atom stereocenters. The van der Waals surface area contributed by atoms with E-state index in [4.69, 9.17) is 4.74 Å². The second-order valence-electron chi connectivity index (χ2n) is 7.32. The average Bonchev–Trinajstić information content (AvgIpc) is 3.35. The van der Waals surface area contributed by atoms with Crippen LogP contribution >= 0.6 is 0 Å². The Kier molecular flexibility index (Phi) is 5.03. The van der Waals surface area contributed by atoms with Crippen LogP contribution in [0.15, 0.2) is 48.5 Å². The van der Waals surface area contributed by atoms with Crippen molar-refractivity contribution in [2.45, 2.75) is 25.3 Å². The van der Waals surface area contributed by atoms with E-state index in [2.05, 4.69) is 0 Å². The Bertz CT molecular complexity index is 884. The molecule has 0 aromatic heterocycles. The first-order chi connectivity index (χ1) is 13.6. The summed E-state index contributed by atoms with van der Waals surface area (Å²) in [5, 5.41) is 0. The first kappa shape index (κ1) is 18.5. The van der Waals surface area contributed by atoms with Crippen LogP contribution in [0.5, 0.6) is 5.75 Å². The minimum Gasteiger partial charge on any atom is -0.497 e. The van der Waals surface area contributed by atoms with Crippen molar-refractivity contribution in [2.24, 2.45) is 5.92 Å². The van der Waals surface area contributed by atoms with Crippen LogP contribution in [0.4, 0.5) is 10.1 Å². The molecule has 2 atom stereocenters. The second-order valence-corrected chi connectivity index (χ2v) is 7.32. The molecule has 2 aromatic carbocycles. The monoisotopic (exact) mass is 382 g/mol. The van der Waals surface area contributed by atoms with Crippen LogP contribution in [0.2, 0.25) is 0 Å². The van der Waals surface area contributed by atoms with E-state index in [1.807, 2.05) is 29.2 Å². The van der Waals surface area contributed by atoms with Gasteiger partial charge in [-0.05, 0) is 42.7 Å². The van der Waals surface area contributed by atoms with E-state index in [1.165, 1.54) is 11.0 Å². The molecule has 2 aliphatic heterocycles. The summed E-state index contributed by atoms with van der Waals surface area (Å²) >= 11 is 0. The van der Waals surface area contributed by atoms with Crippen molar-refractivity contribution in [2.75, 3.05) is 25.1 Å². The highest BCUT2D eigenvalue weighted by Gasteiger charge is 2.41. The van der Waals surface area contributed by atoms with Crippen LogP contribution in [0.25, 0.3) is 0 Å². The summed E-state index contributed by atoms with van der Waals surface area (Å²) in [5.74, 6) is -0.331. The molecule has 2 aromatic rings. The summed E-state index contributed by atoms with van der Waals surface area (Å²) in [4.78, 5) is 28.9. The lowest BCUT2D eigenvalue weighted by Crippen LogP contribution is -2.37. The van der Waals surface area contributed by atoms with Crippen molar-refractivity contribution in [3.05, 3.63) is 59.9 Å². The fourth-order valence-corrected chi connectivity index (χ4v) is 4.21. The maximum atomic E-state index is 14.1. The molecule has 5 nitrogen and oxygen atoms in total. The SMILES string of the molecule is COc1ccc([C@H]2CCCN2C(=O)[C@@H]2CC(=O)N(c3ccccc3F)C2)cc1. The number of likely N-dealkylation sites (tertiary alicyclic amines) is 1. The Balaban J connectivity index is 1.50. The normalized spacial score (nSPS) is 22.0. The quantitative estimate of drug-likeness (QED) is 0.813. The van der Waals surface area contributed by atoms with Gasteiger partial charge in [0, 0.05) is 19.5 Å². The van der Waals surface area contributed by atoms with Gasteiger partial charge in [-0.25, -0.2) is 4.39 Å². The molecular weight excluding hydrogens is 359 g/mol. The van der Waals surface area contributed by atoms with Crippen LogP contribution in [0.1, 0.15) is 30.9 Å². The molecule has 0 bridgehead atoms. The van der Waals surface area contributed by atoms with Gasteiger partial charge in [-0.15, -0.1) is 0 Å². The van der Waals surface area contributed by atoms with Gasteiger partial charge in [-0.2, -0.15) is 0 Å². The molecule has 28 heavy (non-hydrogen) atoms. The molecule has 2 heterocycles. The molecule has 0 spiro atoms. The fourth-order valence-electron chi connectivity index (χ4n) is 4.21. The van der Waals surface area contributed by atoms with Crippen LogP contribution in [-0.2, 0) is 9.59 Å². The van der Waals surface area contributed by atoms with Crippen molar-refractivity contribution in [3.8, 4) is 5.75 Å². The third kappa shape index (κ3) is 3.35. The molecule has 0 saturated carbocycles. The van der Waals surface area contributed by atoms with Crippen LogP contribution in [0, 0.1) is 11.7 Å². The number of amides is 2. The van der Waals surface area contributed by atoms with Crippen molar-refractivity contribution in [1.29, 1.82) is 0 Å². The Morgan fingerprint density at radius 1 is 1.14 bits per heavy atom. The minimum atomic E-state index is -0.443. The molecule has 2 saturated heterocycles. The van der Waals surface area contributed by atoms with Gasteiger partial charge in [0.15, 0.2) is 0 Å². The predicted molar refractivity (Wildman–Crippen MR) is 104 cm³/mol. The van der Waals surface area contributed by atoms with E-state index >= 15 is 0 Å². The number of nitrogens with zero attached hydrogens (tertiary/aromatic N) is 2. The minimum absolute atomic E-state index is 0.0102. The van der Waals surface area contributed by atoms with Crippen molar-refractivity contribution in [1.82, 2.24) is 4.90 Å². The summed E-state index contributed by atoms with van der Waals surface area (Å²) < 4.78 is 19.3. The van der Waals surface area contributed by atoms with Gasteiger partial charge in [0.25, 0.3) is 0 Å². The van der Waals surface area contributed by atoms with Crippen molar-refractivity contribution >= 4 is 17.5 Å². The van der Waals surface area contributed by atoms with Crippen LogP contribution < -0.4 is 9.64 Å². The van der Waals surface area contributed by atoms with Crippen LogP contribution in [0.3, 0.4) is 0 Å². The van der Waals surface area contributed by atoms with Gasteiger partial charge < -0.3 is 14.5 Å². The Labute approximate surface area is 163 Å². The number of anilines is 1. The van der Waals surface area contributed by atoms with Gasteiger partial charge in [0.05, 0.1) is 24.8 Å². The predicted octanol–water partition coefficient (Wildman–Crippen LogP) is 3.55. The number of methoxy groups -OCH3 is 1. The van der Waals surface area contributed by atoms with Crippen molar-refractivity contribution in [3.63, 3.8) is 0 Å². The molecule has 4 rings (SSSR count). The number of carbonyl (C=O) groups is 2. The number of para-hydroxylation sites is 1.